The van der Waals surface area contributed by atoms with Crippen LogP contribution in [0, 0.1) is 12.7 Å². The molecule has 0 saturated heterocycles. The highest BCUT2D eigenvalue weighted by Gasteiger charge is 2.11. The number of hydrogen-bond acceptors (Lipinski definition) is 2. The van der Waals surface area contributed by atoms with Gasteiger partial charge in [-0.1, -0.05) is 11.6 Å². The monoisotopic (exact) mass is 238 g/mol. The summed E-state index contributed by atoms with van der Waals surface area (Å²) in [5.74, 6) is -0.303. The van der Waals surface area contributed by atoms with E-state index in [4.69, 9.17) is 11.6 Å². The van der Waals surface area contributed by atoms with Crippen molar-refractivity contribution >= 4 is 28.2 Å². The average Bonchev–Trinajstić information content (AvgIpc) is 2.23. The molecule has 0 bridgehead atoms. The number of benzene rings is 1. The lowest BCUT2D eigenvalue weighted by Crippen LogP contribution is -2.00. The van der Waals surface area contributed by atoms with Gasteiger partial charge in [0.25, 0.3) is 0 Å². The summed E-state index contributed by atoms with van der Waals surface area (Å²) in [6.07, 6.45) is 0. The fraction of sp³-hybridized carbons (Fsp3) is 0.250. The lowest BCUT2D eigenvalue weighted by atomic mass is 10.1. The number of anilines is 1. The summed E-state index contributed by atoms with van der Waals surface area (Å²) in [6, 6.07) is 4.72. The standard InChI is InChI=1S/C12H12ClFN2/c1-3-15-10-6-7(2)16-12-8(13)4-5-9(14)11(10)12/h4-6H,3H2,1-2H3,(H,15,16). The van der Waals surface area contributed by atoms with Gasteiger partial charge in [0.15, 0.2) is 0 Å². The summed E-state index contributed by atoms with van der Waals surface area (Å²) in [5.41, 5.74) is 2.07. The lowest BCUT2D eigenvalue weighted by molar-refractivity contribution is 0.640. The molecule has 1 aromatic heterocycles. The first kappa shape index (κ1) is 11.1. The maximum Gasteiger partial charge on any atom is 0.134 e. The van der Waals surface area contributed by atoms with E-state index in [9.17, 15) is 4.39 Å². The van der Waals surface area contributed by atoms with E-state index < -0.39 is 0 Å². The molecular formula is C12H12ClFN2. The predicted molar refractivity (Wildman–Crippen MR) is 65.6 cm³/mol. The largest absolute Gasteiger partial charge is 0.385 e. The highest BCUT2D eigenvalue weighted by Crippen LogP contribution is 2.30. The Morgan fingerprint density at radius 2 is 2.19 bits per heavy atom. The molecule has 84 valence electrons. The summed E-state index contributed by atoms with van der Waals surface area (Å²) in [5, 5.41) is 4.05. The van der Waals surface area contributed by atoms with E-state index in [2.05, 4.69) is 10.3 Å². The van der Waals surface area contributed by atoms with Gasteiger partial charge in [-0.15, -0.1) is 0 Å². The number of aromatic nitrogens is 1. The molecule has 0 aliphatic rings. The minimum absolute atomic E-state index is 0.303. The molecule has 2 rings (SSSR count). The molecule has 2 aromatic rings. The molecule has 0 amide bonds. The van der Waals surface area contributed by atoms with Crippen LogP contribution in [0.25, 0.3) is 10.9 Å². The van der Waals surface area contributed by atoms with E-state index in [1.54, 1.807) is 0 Å². The molecule has 0 atom stereocenters. The first-order chi connectivity index (χ1) is 7.63. The van der Waals surface area contributed by atoms with Crippen LogP contribution in [0.1, 0.15) is 12.6 Å². The van der Waals surface area contributed by atoms with Crippen molar-refractivity contribution < 1.29 is 4.39 Å². The molecule has 0 aliphatic carbocycles. The van der Waals surface area contributed by atoms with Crippen molar-refractivity contribution in [3.8, 4) is 0 Å². The SMILES string of the molecule is CCNc1cc(C)nc2c(Cl)ccc(F)c12. The van der Waals surface area contributed by atoms with Crippen LogP contribution in [0.4, 0.5) is 10.1 Å². The van der Waals surface area contributed by atoms with Gasteiger partial charge >= 0.3 is 0 Å². The van der Waals surface area contributed by atoms with E-state index >= 15 is 0 Å². The number of rotatable bonds is 2. The fourth-order valence-corrected chi connectivity index (χ4v) is 1.93. The second kappa shape index (κ2) is 4.26. The Labute approximate surface area is 98.4 Å². The van der Waals surface area contributed by atoms with Crippen molar-refractivity contribution in [2.45, 2.75) is 13.8 Å². The summed E-state index contributed by atoms with van der Waals surface area (Å²) in [7, 11) is 0. The summed E-state index contributed by atoms with van der Waals surface area (Å²) >= 11 is 6.02. The van der Waals surface area contributed by atoms with Crippen LogP contribution in [-0.2, 0) is 0 Å². The maximum atomic E-state index is 13.7. The molecule has 0 fully saturated rings. The average molecular weight is 239 g/mol. The van der Waals surface area contributed by atoms with E-state index in [-0.39, 0.29) is 5.82 Å². The Bertz CT molecular complexity index is 540. The molecule has 16 heavy (non-hydrogen) atoms. The van der Waals surface area contributed by atoms with Crippen LogP contribution in [0.3, 0.4) is 0 Å². The van der Waals surface area contributed by atoms with Crippen molar-refractivity contribution in [1.29, 1.82) is 0 Å². The topological polar surface area (TPSA) is 24.9 Å². The van der Waals surface area contributed by atoms with Gasteiger partial charge in [-0.2, -0.15) is 0 Å². The molecule has 2 nitrogen and oxygen atoms in total. The van der Waals surface area contributed by atoms with Crippen LogP contribution in [-0.4, -0.2) is 11.5 Å². The van der Waals surface area contributed by atoms with Crippen LogP contribution in [0.2, 0.25) is 5.02 Å². The lowest BCUT2D eigenvalue weighted by Gasteiger charge is -2.10. The predicted octanol–water partition coefficient (Wildman–Crippen LogP) is 3.77. The molecule has 0 radical (unpaired) electrons. The molecular weight excluding hydrogens is 227 g/mol. The highest BCUT2D eigenvalue weighted by molar-refractivity contribution is 6.35. The fourth-order valence-electron chi connectivity index (χ4n) is 1.73. The van der Waals surface area contributed by atoms with Crippen LogP contribution in [0.5, 0.6) is 0 Å². The second-order valence-electron chi connectivity index (χ2n) is 3.59. The van der Waals surface area contributed by atoms with Crippen molar-refractivity contribution in [1.82, 2.24) is 4.98 Å². The summed E-state index contributed by atoms with van der Waals surface area (Å²) in [4.78, 5) is 4.27. The Morgan fingerprint density at radius 1 is 1.44 bits per heavy atom. The zero-order chi connectivity index (χ0) is 11.7. The number of fused-ring (bicyclic) bond motifs is 1. The molecule has 0 unspecified atom stereocenters. The van der Waals surface area contributed by atoms with Gasteiger partial charge in [0.1, 0.15) is 5.82 Å². The molecule has 0 spiro atoms. The van der Waals surface area contributed by atoms with Gasteiger partial charge in [0, 0.05) is 17.9 Å². The molecule has 4 heteroatoms. The summed E-state index contributed by atoms with van der Waals surface area (Å²) in [6.45, 7) is 4.55. The van der Waals surface area contributed by atoms with Gasteiger partial charge in [-0.05, 0) is 32.0 Å². The smallest absolute Gasteiger partial charge is 0.134 e. The number of nitrogens with zero attached hydrogens (tertiary/aromatic N) is 1. The first-order valence-corrected chi connectivity index (χ1v) is 5.50. The van der Waals surface area contributed by atoms with Crippen LogP contribution >= 0.6 is 11.6 Å². The second-order valence-corrected chi connectivity index (χ2v) is 4.00. The van der Waals surface area contributed by atoms with Gasteiger partial charge in [0.2, 0.25) is 0 Å². The maximum absolute atomic E-state index is 13.7. The van der Waals surface area contributed by atoms with Crippen molar-refractivity contribution in [3.63, 3.8) is 0 Å². The third-order valence-electron chi connectivity index (χ3n) is 2.36. The van der Waals surface area contributed by atoms with Crippen molar-refractivity contribution in [2.24, 2.45) is 0 Å². The number of nitrogens with one attached hydrogen (secondary N) is 1. The number of hydrogen-bond donors (Lipinski definition) is 1. The van der Waals surface area contributed by atoms with E-state index in [1.807, 2.05) is 19.9 Å². The number of halogens is 2. The van der Waals surface area contributed by atoms with Crippen molar-refractivity contribution in [3.05, 3.63) is 34.7 Å². The quantitative estimate of drug-likeness (QED) is 0.862. The van der Waals surface area contributed by atoms with E-state index in [0.717, 1.165) is 17.9 Å². The summed E-state index contributed by atoms with van der Waals surface area (Å²) < 4.78 is 13.7. The third-order valence-corrected chi connectivity index (χ3v) is 2.66. The van der Waals surface area contributed by atoms with Crippen LogP contribution in [0.15, 0.2) is 18.2 Å². The minimum Gasteiger partial charge on any atom is -0.385 e. The number of aryl methyl sites for hydroxylation is 1. The Kier molecular flexibility index (Phi) is 2.97. The molecule has 1 heterocycles. The zero-order valence-electron chi connectivity index (χ0n) is 9.14. The Balaban J connectivity index is 2.83. The Hall–Kier alpha value is -1.35. The first-order valence-electron chi connectivity index (χ1n) is 5.12. The normalized spacial score (nSPS) is 10.8. The molecule has 1 aromatic carbocycles. The van der Waals surface area contributed by atoms with E-state index in [0.29, 0.717) is 15.9 Å². The van der Waals surface area contributed by atoms with Gasteiger partial charge in [-0.25, -0.2) is 4.39 Å². The third kappa shape index (κ3) is 1.83. The molecule has 0 aliphatic heterocycles. The van der Waals surface area contributed by atoms with Crippen LogP contribution < -0.4 is 5.32 Å². The van der Waals surface area contributed by atoms with Gasteiger partial charge in [0.05, 0.1) is 15.9 Å². The Morgan fingerprint density at radius 3 is 2.88 bits per heavy atom. The number of pyridine rings is 1. The minimum atomic E-state index is -0.303. The molecule has 0 saturated carbocycles. The zero-order valence-corrected chi connectivity index (χ0v) is 9.90. The van der Waals surface area contributed by atoms with Gasteiger partial charge in [-0.3, -0.25) is 4.98 Å². The highest BCUT2D eigenvalue weighted by atomic mass is 35.5. The van der Waals surface area contributed by atoms with Gasteiger partial charge < -0.3 is 5.32 Å². The van der Waals surface area contributed by atoms with E-state index in [1.165, 1.54) is 12.1 Å². The molecule has 1 N–H and O–H groups in total. The van der Waals surface area contributed by atoms with Crippen molar-refractivity contribution in [2.75, 3.05) is 11.9 Å².